The standard InChI is InChI=1S/C26H25NO4/c1-4-31-22-11-10-20-19(15-27-16-21(20)26(22)28)12-17-13-23(29-2)25(24(14-17)30-3)18-8-6-5-7-9-18/h5-11,13-16,28H,4,12H2,1-3H3. The zero-order chi connectivity index (χ0) is 21.8. The SMILES string of the molecule is CCOc1ccc2c(Cc3cc(OC)c(-c4ccccc4)c(OC)c3)cncc2c1O. The molecule has 0 radical (unpaired) electrons. The number of aromatic hydroxyl groups is 1. The fourth-order valence-corrected chi connectivity index (χ4v) is 3.86. The first kappa shape index (κ1) is 20.5. The van der Waals surface area contributed by atoms with E-state index >= 15 is 0 Å². The van der Waals surface area contributed by atoms with E-state index in [0.717, 1.165) is 39.1 Å². The number of rotatable bonds is 7. The minimum absolute atomic E-state index is 0.114. The third-order valence-electron chi connectivity index (χ3n) is 5.28. The van der Waals surface area contributed by atoms with Crippen molar-refractivity contribution in [3.63, 3.8) is 0 Å². The van der Waals surface area contributed by atoms with E-state index in [0.29, 0.717) is 24.2 Å². The van der Waals surface area contributed by atoms with Crippen LogP contribution in [0.5, 0.6) is 23.0 Å². The van der Waals surface area contributed by atoms with Crippen LogP contribution in [0.3, 0.4) is 0 Å². The summed E-state index contributed by atoms with van der Waals surface area (Å²) in [6, 6.07) is 17.8. The average Bonchev–Trinajstić information content (AvgIpc) is 2.81. The first-order valence-electron chi connectivity index (χ1n) is 10.2. The molecule has 0 spiro atoms. The van der Waals surface area contributed by atoms with E-state index in [2.05, 4.69) is 4.98 Å². The van der Waals surface area contributed by atoms with Crippen molar-refractivity contribution in [2.45, 2.75) is 13.3 Å². The molecule has 0 aliphatic carbocycles. The van der Waals surface area contributed by atoms with E-state index in [1.807, 2.05) is 61.7 Å². The zero-order valence-corrected chi connectivity index (χ0v) is 17.9. The maximum atomic E-state index is 10.6. The lowest BCUT2D eigenvalue weighted by atomic mass is 9.96. The van der Waals surface area contributed by atoms with Crippen LogP contribution in [0, 0.1) is 0 Å². The highest BCUT2D eigenvalue weighted by atomic mass is 16.5. The van der Waals surface area contributed by atoms with E-state index in [9.17, 15) is 5.11 Å². The molecule has 1 heterocycles. The van der Waals surface area contributed by atoms with Crippen LogP contribution in [0.1, 0.15) is 18.1 Å². The van der Waals surface area contributed by atoms with Gasteiger partial charge in [0.2, 0.25) is 0 Å². The van der Waals surface area contributed by atoms with Gasteiger partial charge in [-0.25, -0.2) is 0 Å². The molecule has 0 saturated carbocycles. The minimum Gasteiger partial charge on any atom is -0.504 e. The van der Waals surface area contributed by atoms with E-state index in [1.54, 1.807) is 26.5 Å². The molecule has 0 saturated heterocycles. The number of ether oxygens (including phenoxy) is 3. The Bertz CT molecular complexity index is 1180. The topological polar surface area (TPSA) is 60.8 Å². The molecule has 5 heteroatoms. The van der Waals surface area contributed by atoms with Gasteiger partial charge < -0.3 is 19.3 Å². The van der Waals surface area contributed by atoms with E-state index in [-0.39, 0.29) is 5.75 Å². The second-order valence-corrected chi connectivity index (χ2v) is 7.16. The number of benzene rings is 3. The van der Waals surface area contributed by atoms with Crippen LogP contribution in [-0.4, -0.2) is 30.9 Å². The highest BCUT2D eigenvalue weighted by Crippen LogP contribution is 2.41. The Hall–Kier alpha value is -3.73. The molecule has 0 bridgehead atoms. The van der Waals surface area contributed by atoms with Gasteiger partial charge in [0.15, 0.2) is 11.5 Å². The van der Waals surface area contributed by atoms with Gasteiger partial charge in [-0.05, 0) is 53.6 Å². The van der Waals surface area contributed by atoms with Crippen LogP contribution in [0.25, 0.3) is 21.9 Å². The van der Waals surface area contributed by atoms with Gasteiger partial charge in [0.1, 0.15) is 11.5 Å². The monoisotopic (exact) mass is 415 g/mol. The summed E-state index contributed by atoms with van der Waals surface area (Å²) in [5.41, 5.74) is 3.97. The number of nitrogens with zero attached hydrogens (tertiary/aromatic N) is 1. The van der Waals surface area contributed by atoms with E-state index < -0.39 is 0 Å². The van der Waals surface area contributed by atoms with Gasteiger partial charge in [-0.3, -0.25) is 4.98 Å². The second kappa shape index (κ2) is 8.96. The molecule has 31 heavy (non-hydrogen) atoms. The summed E-state index contributed by atoms with van der Waals surface area (Å²) >= 11 is 0. The fourth-order valence-electron chi connectivity index (χ4n) is 3.86. The molecule has 1 N–H and O–H groups in total. The Kier molecular flexibility index (Phi) is 5.94. The third-order valence-corrected chi connectivity index (χ3v) is 5.28. The van der Waals surface area contributed by atoms with Gasteiger partial charge in [0, 0.05) is 17.8 Å². The van der Waals surface area contributed by atoms with Crippen LogP contribution in [0.2, 0.25) is 0 Å². The molecular weight excluding hydrogens is 390 g/mol. The molecule has 0 aliphatic heterocycles. The molecule has 0 amide bonds. The predicted molar refractivity (Wildman–Crippen MR) is 122 cm³/mol. The van der Waals surface area contributed by atoms with Crippen molar-refractivity contribution in [3.05, 3.63) is 78.1 Å². The summed E-state index contributed by atoms with van der Waals surface area (Å²) in [5, 5.41) is 12.2. The van der Waals surface area contributed by atoms with Crippen molar-refractivity contribution in [1.29, 1.82) is 0 Å². The van der Waals surface area contributed by atoms with Gasteiger partial charge in [-0.2, -0.15) is 0 Å². The quantitative estimate of drug-likeness (QED) is 0.425. The number of pyridine rings is 1. The van der Waals surface area contributed by atoms with Crippen molar-refractivity contribution < 1.29 is 19.3 Å². The molecule has 0 atom stereocenters. The number of phenols is 1. The lowest BCUT2D eigenvalue weighted by Gasteiger charge is -2.16. The molecule has 5 nitrogen and oxygen atoms in total. The molecule has 0 aliphatic rings. The summed E-state index contributed by atoms with van der Waals surface area (Å²) in [4.78, 5) is 4.34. The Morgan fingerprint density at radius 3 is 2.19 bits per heavy atom. The highest BCUT2D eigenvalue weighted by Gasteiger charge is 2.16. The Balaban J connectivity index is 1.78. The molecule has 158 valence electrons. The summed E-state index contributed by atoms with van der Waals surface area (Å²) in [7, 11) is 3.33. The summed E-state index contributed by atoms with van der Waals surface area (Å²) in [5.74, 6) is 2.07. The number of methoxy groups -OCH3 is 2. The molecule has 1 aromatic heterocycles. The fraction of sp³-hybridized carbons (Fsp3) is 0.192. The largest absolute Gasteiger partial charge is 0.504 e. The summed E-state index contributed by atoms with van der Waals surface area (Å²) < 4.78 is 16.9. The molecule has 4 rings (SSSR count). The third kappa shape index (κ3) is 3.99. The highest BCUT2D eigenvalue weighted by molar-refractivity contribution is 5.92. The summed E-state index contributed by atoms with van der Waals surface area (Å²) in [6.07, 6.45) is 4.10. The van der Waals surface area contributed by atoms with Crippen molar-refractivity contribution >= 4 is 10.8 Å². The molecule has 0 fully saturated rings. The molecule has 4 aromatic rings. The lowest BCUT2D eigenvalue weighted by Crippen LogP contribution is -1.98. The van der Waals surface area contributed by atoms with Crippen LogP contribution in [0.4, 0.5) is 0 Å². The number of phenolic OH excluding ortho intramolecular Hbond substituents is 1. The van der Waals surface area contributed by atoms with E-state index in [1.165, 1.54) is 0 Å². The van der Waals surface area contributed by atoms with Crippen LogP contribution >= 0.6 is 0 Å². The van der Waals surface area contributed by atoms with E-state index in [4.69, 9.17) is 14.2 Å². The zero-order valence-electron chi connectivity index (χ0n) is 17.9. The molecule has 0 unspecified atom stereocenters. The van der Waals surface area contributed by atoms with Gasteiger partial charge in [0.05, 0.1) is 26.4 Å². The maximum absolute atomic E-state index is 10.6. The molecule has 3 aromatic carbocycles. The van der Waals surface area contributed by atoms with Crippen LogP contribution in [-0.2, 0) is 6.42 Å². The van der Waals surface area contributed by atoms with Crippen molar-refractivity contribution in [2.75, 3.05) is 20.8 Å². The van der Waals surface area contributed by atoms with Gasteiger partial charge in [0.25, 0.3) is 0 Å². The molecular formula is C26H25NO4. The number of fused-ring (bicyclic) bond motifs is 1. The van der Waals surface area contributed by atoms with Gasteiger partial charge >= 0.3 is 0 Å². The smallest absolute Gasteiger partial charge is 0.167 e. The van der Waals surface area contributed by atoms with Crippen LogP contribution < -0.4 is 14.2 Å². The first-order valence-corrected chi connectivity index (χ1v) is 10.2. The number of hydrogen-bond acceptors (Lipinski definition) is 5. The van der Waals surface area contributed by atoms with Crippen molar-refractivity contribution in [1.82, 2.24) is 4.98 Å². The summed E-state index contributed by atoms with van der Waals surface area (Å²) in [6.45, 7) is 2.37. The lowest BCUT2D eigenvalue weighted by molar-refractivity contribution is 0.320. The Morgan fingerprint density at radius 2 is 1.55 bits per heavy atom. The normalized spacial score (nSPS) is 10.8. The maximum Gasteiger partial charge on any atom is 0.167 e. The van der Waals surface area contributed by atoms with Crippen molar-refractivity contribution in [3.8, 4) is 34.1 Å². The van der Waals surface area contributed by atoms with Crippen LogP contribution in [0.15, 0.2) is 67.0 Å². The van der Waals surface area contributed by atoms with Gasteiger partial charge in [-0.15, -0.1) is 0 Å². The van der Waals surface area contributed by atoms with Crippen molar-refractivity contribution in [2.24, 2.45) is 0 Å². The second-order valence-electron chi connectivity index (χ2n) is 7.16. The average molecular weight is 415 g/mol. The van der Waals surface area contributed by atoms with Gasteiger partial charge in [-0.1, -0.05) is 36.4 Å². The number of hydrogen-bond donors (Lipinski definition) is 1. The Morgan fingerprint density at radius 1 is 0.839 bits per heavy atom. The first-order chi connectivity index (χ1) is 15.2. The minimum atomic E-state index is 0.114. The Labute approximate surface area is 181 Å². The predicted octanol–water partition coefficient (Wildman–Crippen LogP) is 5.61. The number of aromatic nitrogens is 1.